The Hall–Kier alpha value is -0.410. The van der Waals surface area contributed by atoms with Crippen LogP contribution < -0.4 is 0 Å². The number of aryl methyl sites for hydroxylation is 2. The van der Waals surface area contributed by atoms with Gasteiger partial charge in [-0.1, -0.05) is 0 Å². The van der Waals surface area contributed by atoms with E-state index in [4.69, 9.17) is 0 Å². The van der Waals surface area contributed by atoms with E-state index < -0.39 is 5.60 Å². The standard InChI is InChI=1S/C10H15NOS/c1-7-8(2)13-9(11-7)6-10(12)4-3-5-10/h12H,3-6H2,1-2H3. The molecule has 1 aromatic heterocycles. The molecule has 72 valence electrons. The van der Waals surface area contributed by atoms with Gasteiger partial charge in [-0.15, -0.1) is 11.3 Å². The van der Waals surface area contributed by atoms with Gasteiger partial charge in [0, 0.05) is 11.3 Å². The third-order valence-electron chi connectivity index (χ3n) is 2.84. The van der Waals surface area contributed by atoms with E-state index in [1.165, 1.54) is 11.3 Å². The van der Waals surface area contributed by atoms with Crippen molar-refractivity contribution in [3.8, 4) is 0 Å². The zero-order valence-corrected chi connectivity index (χ0v) is 8.95. The molecule has 2 nitrogen and oxygen atoms in total. The molecule has 1 heterocycles. The maximum absolute atomic E-state index is 9.93. The highest BCUT2D eigenvalue weighted by Crippen LogP contribution is 2.35. The van der Waals surface area contributed by atoms with Crippen molar-refractivity contribution in [2.45, 2.75) is 45.1 Å². The predicted octanol–water partition coefficient (Wildman–Crippen LogP) is 2.22. The van der Waals surface area contributed by atoms with E-state index in [2.05, 4.69) is 11.9 Å². The molecular weight excluding hydrogens is 182 g/mol. The number of aromatic nitrogens is 1. The molecule has 1 aliphatic carbocycles. The van der Waals surface area contributed by atoms with Crippen molar-refractivity contribution < 1.29 is 5.11 Å². The minimum absolute atomic E-state index is 0.420. The molecule has 2 rings (SSSR count). The van der Waals surface area contributed by atoms with Crippen LogP contribution in [0.15, 0.2) is 0 Å². The van der Waals surface area contributed by atoms with Gasteiger partial charge in [0.2, 0.25) is 0 Å². The molecule has 0 bridgehead atoms. The maximum atomic E-state index is 9.93. The van der Waals surface area contributed by atoms with Crippen LogP contribution in [0, 0.1) is 13.8 Å². The molecule has 13 heavy (non-hydrogen) atoms. The zero-order valence-electron chi connectivity index (χ0n) is 8.13. The van der Waals surface area contributed by atoms with Gasteiger partial charge in [0.25, 0.3) is 0 Å². The van der Waals surface area contributed by atoms with Gasteiger partial charge in [-0.2, -0.15) is 0 Å². The van der Waals surface area contributed by atoms with Gasteiger partial charge in [-0.25, -0.2) is 4.98 Å². The van der Waals surface area contributed by atoms with E-state index >= 15 is 0 Å². The molecule has 0 amide bonds. The number of hydrogen-bond acceptors (Lipinski definition) is 3. The zero-order chi connectivity index (χ0) is 9.47. The van der Waals surface area contributed by atoms with Crippen molar-refractivity contribution in [1.82, 2.24) is 4.98 Å². The minimum atomic E-state index is -0.420. The molecule has 1 N–H and O–H groups in total. The average Bonchev–Trinajstić information content (AvgIpc) is 2.28. The maximum Gasteiger partial charge on any atom is 0.0959 e. The Morgan fingerprint density at radius 2 is 2.15 bits per heavy atom. The molecule has 0 aromatic carbocycles. The van der Waals surface area contributed by atoms with E-state index in [0.29, 0.717) is 0 Å². The summed E-state index contributed by atoms with van der Waals surface area (Å²) in [4.78, 5) is 5.71. The number of thiazole rings is 1. The summed E-state index contributed by atoms with van der Waals surface area (Å²) in [5, 5.41) is 11.0. The van der Waals surface area contributed by atoms with Crippen LogP contribution in [0.25, 0.3) is 0 Å². The number of nitrogens with zero attached hydrogens (tertiary/aromatic N) is 1. The van der Waals surface area contributed by atoms with Crippen LogP contribution in [0.3, 0.4) is 0 Å². The van der Waals surface area contributed by atoms with Crippen LogP contribution in [-0.2, 0) is 6.42 Å². The van der Waals surface area contributed by atoms with Crippen molar-refractivity contribution in [2.24, 2.45) is 0 Å². The van der Waals surface area contributed by atoms with E-state index in [1.807, 2.05) is 6.92 Å². The van der Waals surface area contributed by atoms with Crippen molar-refractivity contribution in [3.63, 3.8) is 0 Å². The smallest absolute Gasteiger partial charge is 0.0959 e. The molecule has 1 fully saturated rings. The summed E-state index contributed by atoms with van der Waals surface area (Å²) >= 11 is 1.72. The lowest BCUT2D eigenvalue weighted by molar-refractivity contribution is -0.0323. The molecular formula is C10H15NOS. The van der Waals surface area contributed by atoms with E-state index in [-0.39, 0.29) is 0 Å². The highest BCUT2D eigenvalue weighted by atomic mass is 32.1. The molecule has 0 unspecified atom stereocenters. The number of rotatable bonds is 2. The molecule has 0 saturated heterocycles. The van der Waals surface area contributed by atoms with Crippen molar-refractivity contribution in [1.29, 1.82) is 0 Å². The Morgan fingerprint density at radius 1 is 1.46 bits per heavy atom. The molecule has 0 atom stereocenters. The first-order valence-electron chi connectivity index (χ1n) is 4.74. The van der Waals surface area contributed by atoms with Crippen molar-refractivity contribution in [3.05, 3.63) is 15.6 Å². The van der Waals surface area contributed by atoms with Gasteiger partial charge in [0.1, 0.15) is 0 Å². The van der Waals surface area contributed by atoms with Gasteiger partial charge >= 0.3 is 0 Å². The highest BCUT2D eigenvalue weighted by Gasteiger charge is 2.35. The lowest BCUT2D eigenvalue weighted by Crippen LogP contribution is -2.38. The van der Waals surface area contributed by atoms with E-state index in [0.717, 1.165) is 30.0 Å². The van der Waals surface area contributed by atoms with Gasteiger partial charge in [0.15, 0.2) is 0 Å². The fraction of sp³-hybridized carbons (Fsp3) is 0.700. The fourth-order valence-corrected chi connectivity index (χ4v) is 2.73. The van der Waals surface area contributed by atoms with Crippen LogP contribution in [-0.4, -0.2) is 15.7 Å². The van der Waals surface area contributed by atoms with Crippen molar-refractivity contribution in [2.75, 3.05) is 0 Å². The van der Waals surface area contributed by atoms with Crippen LogP contribution >= 0.6 is 11.3 Å². The summed E-state index contributed by atoms with van der Waals surface area (Å²) in [5.41, 5.74) is 0.694. The Kier molecular flexibility index (Phi) is 2.16. The third-order valence-corrected chi connectivity index (χ3v) is 3.91. The summed E-state index contributed by atoms with van der Waals surface area (Å²) in [6.45, 7) is 4.11. The molecule has 0 radical (unpaired) electrons. The molecule has 0 spiro atoms. The monoisotopic (exact) mass is 197 g/mol. The highest BCUT2D eigenvalue weighted by molar-refractivity contribution is 7.11. The largest absolute Gasteiger partial charge is 0.389 e. The average molecular weight is 197 g/mol. The second kappa shape index (κ2) is 3.07. The molecule has 3 heteroatoms. The lowest BCUT2D eigenvalue weighted by Gasteiger charge is -2.35. The third kappa shape index (κ3) is 1.76. The van der Waals surface area contributed by atoms with Gasteiger partial charge in [0.05, 0.1) is 16.3 Å². The Balaban J connectivity index is 2.09. The topological polar surface area (TPSA) is 33.1 Å². The van der Waals surface area contributed by atoms with Crippen LogP contribution in [0.1, 0.15) is 34.8 Å². The fourth-order valence-electron chi connectivity index (χ4n) is 1.66. The van der Waals surface area contributed by atoms with Gasteiger partial charge in [-0.3, -0.25) is 0 Å². The molecule has 1 aromatic rings. The SMILES string of the molecule is Cc1nc(CC2(O)CCC2)sc1C. The first kappa shape index (κ1) is 9.16. The Bertz CT molecular complexity index is 295. The van der Waals surface area contributed by atoms with Gasteiger partial charge < -0.3 is 5.11 Å². The summed E-state index contributed by atoms with van der Waals surface area (Å²) in [6, 6.07) is 0. The molecule has 1 saturated carbocycles. The predicted molar refractivity (Wildman–Crippen MR) is 54.1 cm³/mol. The van der Waals surface area contributed by atoms with E-state index in [1.54, 1.807) is 11.3 Å². The quantitative estimate of drug-likeness (QED) is 0.788. The first-order valence-corrected chi connectivity index (χ1v) is 5.56. The van der Waals surface area contributed by atoms with Crippen LogP contribution in [0.2, 0.25) is 0 Å². The second-order valence-corrected chi connectivity index (χ2v) is 5.29. The normalized spacial score (nSPS) is 19.9. The number of aliphatic hydroxyl groups is 1. The Labute approximate surface area is 82.6 Å². The van der Waals surface area contributed by atoms with E-state index in [9.17, 15) is 5.11 Å². The summed E-state index contributed by atoms with van der Waals surface area (Å²) < 4.78 is 0. The lowest BCUT2D eigenvalue weighted by atomic mass is 9.78. The number of hydrogen-bond donors (Lipinski definition) is 1. The summed E-state index contributed by atoms with van der Waals surface area (Å²) in [6.07, 6.45) is 3.82. The van der Waals surface area contributed by atoms with Crippen LogP contribution in [0.4, 0.5) is 0 Å². The first-order chi connectivity index (χ1) is 6.09. The summed E-state index contributed by atoms with van der Waals surface area (Å²) in [5.74, 6) is 0. The Morgan fingerprint density at radius 3 is 2.54 bits per heavy atom. The molecule has 1 aliphatic rings. The molecule has 0 aliphatic heterocycles. The van der Waals surface area contributed by atoms with Crippen molar-refractivity contribution >= 4 is 11.3 Å². The van der Waals surface area contributed by atoms with Crippen LogP contribution in [0.5, 0.6) is 0 Å². The summed E-state index contributed by atoms with van der Waals surface area (Å²) in [7, 11) is 0. The van der Waals surface area contributed by atoms with Gasteiger partial charge in [-0.05, 0) is 33.1 Å². The minimum Gasteiger partial charge on any atom is -0.389 e. The second-order valence-electron chi connectivity index (χ2n) is 4.00.